The molecule has 8 nitrogen and oxygen atoms in total. The van der Waals surface area contributed by atoms with E-state index in [-0.39, 0.29) is 10.8 Å². The van der Waals surface area contributed by atoms with Crippen molar-refractivity contribution in [1.29, 1.82) is 0 Å². The molecule has 0 bridgehead atoms. The van der Waals surface area contributed by atoms with E-state index in [1.54, 1.807) is 23.1 Å². The monoisotopic (exact) mass is 445 g/mol. The number of esters is 1. The lowest BCUT2D eigenvalue weighted by Crippen LogP contribution is -2.52. The van der Waals surface area contributed by atoms with E-state index in [2.05, 4.69) is 9.62 Å². The normalized spacial score (nSPS) is 16.5. The Bertz CT molecular complexity index is 990. The van der Waals surface area contributed by atoms with Crippen molar-refractivity contribution in [2.75, 3.05) is 31.1 Å². The first-order valence-corrected chi connectivity index (χ1v) is 11.6. The molecule has 1 N–H and O–H groups in total. The number of para-hydroxylation sites is 1. The smallest absolute Gasteiger partial charge is 0.324 e. The van der Waals surface area contributed by atoms with Gasteiger partial charge in [0.1, 0.15) is 6.04 Å². The molecule has 0 spiro atoms. The average molecular weight is 446 g/mol. The number of sulfonamides is 1. The van der Waals surface area contributed by atoms with E-state index in [0.717, 1.165) is 5.69 Å². The fourth-order valence-corrected chi connectivity index (χ4v) is 4.57. The van der Waals surface area contributed by atoms with E-state index >= 15 is 0 Å². The third-order valence-corrected chi connectivity index (χ3v) is 6.65. The van der Waals surface area contributed by atoms with Crippen LogP contribution in [-0.4, -0.2) is 63.5 Å². The Balaban J connectivity index is 1.50. The van der Waals surface area contributed by atoms with Crippen molar-refractivity contribution in [2.45, 2.75) is 30.9 Å². The van der Waals surface area contributed by atoms with E-state index in [9.17, 15) is 18.0 Å². The minimum Gasteiger partial charge on any atom is -0.451 e. The molecular formula is C22H27N3O5S. The number of piperazine rings is 1. The molecule has 0 radical (unpaired) electrons. The van der Waals surface area contributed by atoms with Gasteiger partial charge in [-0.3, -0.25) is 9.59 Å². The Kier molecular flexibility index (Phi) is 7.29. The van der Waals surface area contributed by atoms with Gasteiger partial charge in [0.05, 0.1) is 4.90 Å². The van der Waals surface area contributed by atoms with E-state index in [1.165, 1.54) is 26.0 Å². The van der Waals surface area contributed by atoms with Gasteiger partial charge in [0.2, 0.25) is 10.0 Å². The molecule has 166 valence electrons. The Morgan fingerprint density at radius 3 is 2.03 bits per heavy atom. The summed E-state index contributed by atoms with van der Waals surface area (Å²) in [5.74, 6) is -1.09. The zero-order valence-corrected chi connectivity index (χ0v) is 18.4. The van der Waals surface area contributed by atoms with Crippen LogP contribution in [-0.2, 0) is 24.3 Å². The first kappa shape index (κ1) is 22.8. The first-order valence-electron chi connectivity index (χ1n) is 10.1. The predicted molar refractivity (Wildman–Crippen MR) is 117 cm³/mol. The molecule has 1 aliphatic heterocycles. The number of nitrogens with zero attached hydrogens (tertiary/aromatic N) is 2. The molecule has 2 aromatic rings. The van der Waals surface area contributed by atoms with Crippen molar-refractivity contribution in [3.8, 4) is 0 Å². The predicted octanol–water partition coefficient (Wildman–Crippen LogP) is 1.63. The molecule has 0 unspecified atom stereocenters. The largest absolute Gasteiger partial charge is 0.451 e. The summed E-state index contributed by atoms with van der Waals surface area (Å²) in [6.45, 7) is 5.30. The molecule has 3 rings (SSSR count). The van der Waals surface area contributed by atoms with Crippen LogP contribution < -0.4 is 9.62 Å². The van der Waals surface area contributed by atoms with Gasteiger partial charge in [-0.25, -0.2) is 8.42 Å². The maximum Gasteiger partial charge on any atom is 0.324 e. The van der Waals surface area contributed by atoms with Crippen molar-refractivity contribution in [3.63, 3.8) is 0 Å². The van der Waals surface area contributed by atoms with Gasteiger partial charge in [-0.15, -0.1) is 0 Å². The number of carbonyl (C=O) groups is 2. The SMILES string of the molecule is C[C@H](NS(=O)(=O)c1ccccc1)C(=O)O[C@@H](C)C(=O)N1CCN(c2ccccc2)CC1. The maximum atomic E-state index is 12.7. The van der Waals surface area contributed by atoms with E-state index in [0.29, 0.717) is 26.2 Å². The van der Waals surface area contributed by atoms with Crippen LogP contribution in [0.2, 0.25) is 0 Å². The third kappa shape index (κ3) is 5.83. The quantitative estimate of drug-likeness (QED) is 0.651. The van der Waals surface area contributed by atoms with Crippen molar-refractivity contribution < 1.29 is 22.7 Å². The lowest BCUT2D eigenvalue weighted by Gasteiger charge is -2.37. The molecule has 2 atom stereocenters. The van der Waals surface area contributed by atoms with Gasteiger partial charge >= 0.3 is 5.97 Å². The van der Waals surface area contributed by atoms with Gasteiger partial charge in [0.15, 0.2) is 6.10 Å². The first-order chi connectivity index (χ1) is 14.8. The summed E-state index contributed by atoms with van der Waals surface area (Å²) in [4.78, 5) is 29.0. The third-order valence-electron chi connectivity index (χ3n) is 5.09. The van der Waals surface area contributed by atoms with Crippen molar-refractivity contribution in [1.82, 2.24) is 9.62 Å². The number of hydrogen-bond acceptors (Lipinski definition) is 6. The van der Waals surface area contributed by atoms with Crippen LogP contribution in [0.3, 0.4) is 0 Å². The van der Waals surface area contributed by atoms with Gasteiger partial charge in [-0.2, -0.15) is 4.72 Å². The van der Waals surface area contributed by atoms with Gasteiger partial charge in [0, 0.05) is 31.9 Å². The second-order valence-electron chi connectivity index (χ2n) is 7.38. The number of ether oxygens (including phenoxy) is 1. The number of anilines is 1. The molecule has 0 aromatic heterocycles. The van der Waals surface area contributed by atoms with Crippen LogP contribution in [0, 0.1) is 0 Å². The number of carbonyl (C=O) groups excluding carboxylic acids is 2. The summed E-state index contributed by atoms with van der Waals surface area (Å²) >= 11 is 0. The van der Waals surface area contributed by atoms with E-state index in [1.807, 2.05) is 30.3 Å². The van der Waals surface area contributed by atoms with Crippen LogP contribution in [0.25, 0.3) is 0 Å². The molecule has 0 aliphatic carbocycles. The van der Waals surface area contributed by atoms with Crippen molar-refractivity contribution in [3.05, 3.63) is 60.7 Å². The van der Waals surface area contributed by atoms with Crippen molar-refractivity contribution >= 4 is 27.6 Å². The number of hydrogen-bond donors (Lipinski definition) is 1. The number of rotatable bonds is 7. The van der Waals surface area contributed by atoms with Gasteiger partial charge in [-0.1, -0.05) is 36.4 Å². The summed E-state index contributed by atoms with van der Waals surface area (Å²) in [7, 11) is -3.87. The average Bonchev–Trinajstić information content (AvgIpc) is 2.79. The Morgan fingerprint density at radius 2 is 1.45 bits per heavy atom. The van der Waals surface area contributed by atoms with E-state index < -0.39 is 28.1 Å². The Morgan fingerprint density at radius 1 is 0.903 bits per heavy atom. The lowest BCUT2D eigenvalue weighted by molar-refractivity contribution is -0.160. The zero-order valence-electron chi connectivity index (χ0n) is 17.6. The molecule has 9 heteroatoms. The summed E-state index contributed by atoms with van der Waals surface area (Å²) in [6, 6.07) is 16.6. The summed E-state index contributed by atoms with van der Waals surface area (Å²) in [6.07, 6.45) is -1.00. The number of nitrogens with one attached hydrogen (secondary N) is 1. The molecule has 1 fully saturated rings. The highest BCUT2D eigenvalue weighted by molar-refractivity contribution is 7.89. The Hall–Kier alpha value is -2.91. The molecule has 1 heterocycles. The molecule has 1 amide bonds. The number of benzene rings is 2. The highest BCUT2D eigenvalue weighted by Crippen LogP contribution is 2.16. The van der Waals surface area contributed by atoms with Gasteiger partial charge < -0.3 is 14.5 Å². The van der Waals surface area contributed by atoms with Gasteiger partial charge in [0.25, 0.3) is 5.91 Å². The summed E-state index contributed by atoms with van der Waals surface area (Å²) < 4.78 is 32.3. The topological polar surface area (TPSA) is 96.0 Å². The molecular weight excluding hydrogens is 418 g/mol. The minimum atomic E-state index is -3.87. The minimum absolute atomic E-state index is 0.0510. The second kappa shape index (κ2) is 9.93. The fraction of sp³-hybridized carbons (Fsp3) is 0.364. The van der Waals surface area contributed by atoms with Crippen LogP contribution >= 0.6 is 0 Å². The maximum absolute atomic E-state index is 12.7. The molecule has 1 saturated heterocycles. The standard InChI is InChI=1S/C22H27N3O5S/c1-17(23-31(28,29)20-11-7-4-8-12-20)22(27)30-18(2)21(26)25-15-13-24(14-16-25)19-9-5-3-6-10-19/h3-12,17-18,23H,13-16H2,1-2H3/t17-,18-/m0/s1. The Labute approximate surface area is 182 Å². The van der Waals surface area contributed by atoms with Crippen LogP contribution in [0.5, 0.6) is 0 Å². The van der Waals surface area contributed by atoms with Crippen LogP contribution in [0.15, 0.2) is 65.6 Å². The molecule has 1 aliphatic rings. The second-order valence-corrected chi connectivity index (χ2v) is 9.10. The highest BCUT2D eigenvalue weighted by Gasteiger charge is 2.30. The van der Waals surface area contributed by atoms with E-state index in [4.69, 9.17) is 4.74 Å². The fourth-order valence-electron chi connectivity index (χ4n) is 3.36. The van der Waals surface area contributed by atoms with Crippen molar-refractivity contribution in [2.24, 2.45) is 0 Å². The summed E-state index contributed by atoms with van der Waals surface area (Å²) in [5.41, 5.74) is 1.11. The summed E-state index contributed by atoms with van der Waals surface area (Å²) in [5, 5.41) is 0. The molecule has 0 saturated carbocycles. The van der Waals surface area contributed by atoms with Gasteiger partial charge in [-0.05, 0) is 38.1 Å². The zero-order chi connectivity index (χ0) is 22.4. The molecule has 2 aromatic carbocycles. The van der Waals surface area contributed by atoms with Crippen LogP contribution in [0.4, 0.5) is 5.69 Å². The van der Waals surface area contributed by atoms with Crippen LogP contribution in [0.1, 0.15) is 13.8 Å². The lowest BCUT2D eigenvalue weighted by atomic mass is 10.2. The number of amides is 1. The molecule has 31 heavy (non-hydrogen) atoms. The highest BCUT2D eigenvalue weighted by atomic mass is 32.2.